The van der Waals surface area contributed by atoms with Crippen molar-refractivity contribution in [2.24, 2.45) is 0 Å². The Kier molecular flexibility index (Phi) is 3.84. The van der Waals surface area contributed by atoms with Crippen LogP contribution in [0.15, 0.2) is 41.1 Å². The van der Waals surface area contributed by atoms with Gasteiger partial charge in [0.05, 0.1) is 15.6 Å². The van der Waals surface area contributed by atoms with Crippen LogP contribution in [-0.4, -0.2) is 9.91 Å². The van der Waals surface area contributed by atoms with Crippen molar-refractivity contribution >= 4 is 33.0 Å². The Morgan fingerprint density at radius 3 is 2.74 bits per heavy atom. The van der Waals surface area contributed by atoms with Crippen LogP contribution in [0.5, 0.6) is 0 Å². The fraction of sp³-hybridized carbons (Fsp3) is 0. The molecule has 1 N–H and O–H groups in total. The Bertz CT molecular complexity index is 638. The molecule has 0 bridgehead atoms. The number of hydrogen-bond acceptors (Lipinski definition) is 4. The van der Waals surface area contributed by atoms with E-state index in [9.17, 15) is 19.7 Å². The fourth-order valence-corrected chi connectivity index (χ4v) is 1.89. The second-order valence-corrected chi connectivity index (χ2v) is 4.46. The van der Waals surface area contributed by atoms with Crippen LogP contribution in [0.1, 0.15) is 0 Å². The Balaban J connectivity index is 2.46. The van der Waals surface area contributed by atoms with Gasteiger partial charge in [-0.15, -0.1) is 0 Å². The van der Waals surface area contributed by atoms with Crippen LogP contribution in [-0.2, 0) is 0 Å². The molecular formula is C11H7BrFN3O3. The highest BCUT2D eigenvalue weighted by Crippen LogP contribution is 2.22. The van der Waals surface area contributed by atoms with Crippen molar-refractivity contribution in [3.8, 4) is 0 Å². The van der Waals surface area contributed by atoms with E-state index >= 15 is 0 Å². The summed E-state index contributed by atoms with van der Waals surface area (Å²) in [4.78, 5) is 13.9. The minimum atomic E-state index is -0.659. The van der Waals surface area contributed by atoms with Gasteiger partial charge in [0, 0.05) is 24.4 Å². The number of pyridine rings is 1. The average Bonchev–Trinajstić information content (AvgIpc) is 2.41. The quantitative estimate of drug-likeness (QED) is 0.692. The topological polar surface area (TPSA) is 83.5 Å². The Morgan fingerprint density at radius 1 is 1.37 bits per heavy atom. The van der Waals surface area contributed by atoms with Crippen molar-refractivity contribution < 1.29 is 14.4 Å². The van der Waals surface area contributed by atoms with Crippen LogP contribution in [0.2, 0.25) is 0 Å². The van der Waals surface area contributed by atoms with E-state index in [1.165, 1.54) is 18.3 Å². The molecule has 0 radical (unpaired) electrons. The number of benzene rings is 1. The molecule has 1 unspecified atom stereocenters. The first-order valence-corrected chi connectivity index (χ1v) is 5.88. The van der Waals surface area contributed by atoms with Crippen molar-refractivity contribution in [1.29, 1.82) is 0 Å². The smallest absolute Gasteiger partial charge is 0.333 e. The summed E-state index contributed by atoms with van der Waals surface area (Å²) in [5.74, 6) is -0.516. The van der Waals surface area contributed by atoms with E-state index in [-0.39, 0.29) is 21.5 Å². The number of hydrogen-bond donors (Lipinski definition) is 1. The Hall–Kier alpha value is -1.90. The minimum Gasteiger partial charge on any atom is -0.623 e. The summed E-state index contributed by atoms with van der Waals surface area (Å²) < 4.78 is 13.2. The van der Waals surface area contributed by atoms with Crippen LogP contribution in [0.25, 0.3) is 0 Å². The molecule has 98 valence electrons. The van der Waals surface area contributed by atoms with E-state index in [0.29, 0.717) is 0 Å². The third-order valence-electron chi connectivity index (χ3n) is 2.42. The lowest BCUT2D eigenvalue weighted by Crippen LogP contribution is -2.96. The zero-order valence-electron chi connectivity index (χ0n) is 9.34. The SMILES string of the molecule is O=[N+]([O-])c1ccncc1[NH+]([O-])c1ccc(F)c(Br)c1. The van der Waals surface area contributed by atoms with E-state index in [1.54, 1.807) is 0 Å². The van der Waals surface area contributed by atoms with Gasteiger partial charge in [-0.3, -0.25) is 15.1 Å². The van der Waals surface area contributed by atoms with Gasteiger partial charge < -0.3 is 10.3 Å². The number of quaternary nitrogens is 1. The molecule has 2 rings (SSSR count). The molecule has 8 heteroatoms. The molecule has 0 aliphatic heterocycles. The predicted molar refractivity (Wildman–Crippen MR) is 68.6 cm³/mol. The predicted octanol–water partition coefficient (Wildman–Crippen LogP) is 2.24. The van der Waals surface area contributed by atoms with E-state index < -0.39 is 15.8 Å². The Labute approximate surface area is 115 Å². The number of nitrogens with zero attached hydrogens (tertiary/aromatic N) is 2. The summed E-state index contributed by atoms with van der Waals surface area (Å²) in [6.45, 7) is 0. The van der Waals surface area contributed by atoms with E-state index in [1.807, 2.05) is 0 Å². The standard InChI is InChI=1S/C11H7BrFN3O3/c12-8-5-7(1-2-9(8)13)15(17)11-6-14-4-3-10(11)16(18)19/h1-6,15H. The molecule has 1 heterocycles. The molecule has 0 aliphatic carbocycles. The molecule has 0 spiro atoms. The first kappa shape index (κ1) is 13.5. The van der Waals surface area contributed by atoms with Gasteiger partial charge in [-0.05, 0) is 22.0 Å². The van der Waals surface area contributed by atoms with Crippen molar-refractivity contribution in [2.45, 2.75) is 0 Å². The highest BCUT2D eigenvalue weighted by molar-refractivity contribution is 9.10. The maximum Gasteiger partial charge on any atom is 0.333 e. The minimum absolute atomic E-state index is 0.116. The lowest BCUT2D eigenvalue weighted by atomic mass is 10.2. The van der Waals surface area contributed by atoms with Gasteiger partial charge in [0.25, 0.3) is 0 Å². The fourth-order valence-electron chi connectivity index (χ4n) is 1.51. The third kappa shape index (κ3) is 2.75. The first-order chi connectivity index (χ1) is 9.00. The number of rotatable bonds is 3. The van der Waals surface area contributed by atoms with Crippen molar-refractivity contribution in [3.63, 3.8) is 0 Å². The molecular weight excluding hydrogens is 321 g/mol. The molecule has 0 fully saturated rings. The molecule has 0 aliphatic rings. The summed E-state index contributed by atoms with van der Waals surface area (Å²) in [5, 5.41) is 22.4. The monoisotopic (exact) mass is 327 g/mol. The van der Waals surface area contributed by atoms with E-state index in [0.717, 1.165) is 18.3 Å². The van der Waals surface area contributed by atoms with Crippen molar-refractivity contribution in [2.75, 3.05) is 0 Å². The van der Waals surface area contributed by atoms with Crippen LogP contribution < -0.4 is 5.06 Å². The molecule has 1 aromatic heterocycles. The van der Waals surface area contributed by atoms with Gasteiger partial charge in [0.15, 0.2) is 0 Å². The maximum absolute atomic E-state index is 13.1. The zero-order chi connectivity index (χ0) is 14.0. The maximum atomic E-state index is 13.1. The van der Waals surface area contributed by atoms with Crippen LogP contribution in [0.4, 0.5) is 21.5 Å². The second-order valence-electron chi connectivity index (χ2n) is 3.61. The second kappa shape index (κ2) is 5.39. The Morgan fingerprint density at radius 2 is 2.11 bits per heavy atom. The van der Waals surface area contributed by atoms with Gasteiger partial charge in [0.1, 0.15) is 11.5 Å². The molecule has 1 aromatic carbocycles. The highest BCUT2D eigenvalue weighted by atomic mass is 79.9. The first-order valence-electron chi connectivity index (χ1n) is 5.09. The summed E-state index contributed by atoms with van der Waals surface area (Å²) in [5.41, 5.74) is -0.323. The number of nitrogens with one attached hydrogen (secondary N) is 1. The summed E-state index contributed by atoms with van der Waals surface area (Å²) in [7, 11) is 0. The summed E-state index contributed by atoms with van der Waals surface area (Å²) in [6, 6.07) is 4.79. The zero-order valence-corrected chi connectivity index (χ0v) is 10.9. The third-order valence-corrected chi connectivity index (χ3v) is 3.03. The lowest BCUT2D eigenvalue weighted by molar-refractivity contribution is -0.701. The van der Waals surface area contributed by atoms with Crippen molar-refractivity contribution in [3.05, 3.63) is 62.3 Å². The number of nitro groups is 1. The highest BCUT2D eigenvalue weighted by Gasteiger charge is 2.21. The van der Waals surface area contributed by atoms with E-state index in [4.69, 9.17) is 0 Å². The normalized spacial score (nSPS) is 12.2. The van der Waals surface area contributed by atoms with Crippen LogP contribution >= 0.6 is 15.9 Å². The number of halogens is 2. The summed E-state index contributed by atoms with van der Waals surface area (Å²) >= 11 is 2.96. The lowest BCUT2D eigenvalue weighted by Gasteiger charge is -2.20. The molecule has 0 amide bonds. The number of aromatic nitrogens is 1. The van der Waals surface area contributed by atoms with Gasteiger partial charge >= 0.3 is 5.69 Å². The van der Waals surface area contributed by atoms with Gasteiger partial charge in [0.2, 0.25) is 5.69 Å². The molecule has 6 nitrogen and oxygen atoms in total. The molecule has 0 saturated heterocycles. The average molecular weight is 328 g/mol. The van der Waals surface area contributed by atoms with Crippen molar-refractivity contribution in [1.82, 2.24) is 4.98 Å². The molecule has 1 atom stereocenters. The van der Waals surface area contributed by atoms with Crippen LogP contribution in [0.3, 0.4) is 0 Å². The van der Waals surface area contributed by atoms with Crippen LogP contribution in [0, 0.1) is 21.1 Å². The van der Waals surface area contributed by atoms with Gasteiger partial charge in [-0.2, -0.15) is 0 Å². The largest absolute Gasteiger partial charge is 0.623 e. The molecule has 19 heavy (non-hydrogen) atoms. The van der Waals surface area contributed by atoms with Gasteiger partial charge in [-0.25, -0.2) is 4.39 Å². The molecule has 2 aromatic rings. The summed E-state index contributed by atoms with van der Waals surface area (Å²) in [6.07, 6.45) is 2.35. The molecule has 0 saturated carbocycles. The van der Waals surface area contributed by atoms with Gasteiger partial charge in [-0.1, -0.05) is 0 Å². The van der Waals surface area contributed by atoms with E-state index in [2.05, 4.69) is 20.9 Å².